The standard InChI is InChI=1S/C38H44N6O6S.2H2S/c1-25(2)34(42-38(47)50-3)37(46)44-18-4-5-33(44)35-39-23-32(41-35)29-12-8-27(9-13-29)28-10-14-30(15-11-28)36(45)40-31-16-6-26(7-17-31)24-43-19-21-51(48,49)22-20-43;;/h6-17,23,25,33-34H,4-5,18-22,24H2,1-3H3,(H,39,41)(H,40,45)(H,42,47);2*1H2/t33-,34-;;/m0../s1. The molecule has 284 valence electrons. The van der Waals surface area contributed by atoms with Crippen molar-refractivity contribution in [1.29, 1.82) is 0 Å². The molecule has 2 fully saturated rings. The number of ether oxygens (including phenoxy) is 1. The molecule has 3 amide bonds. The van der Waals surface area contributed by atoms with E-state index >= 15 is 0 Å². The number of benzene rings is 3. The second-order valence-corrected chi connectivity index (χ2v) is 15.8. The first kappa shape index (κ1) is 41.4. The van der Waals surface area contributed by atoms with E-state index in [4.69, 9.17) is 4.74 Å². The lowest BCUT2D eigenvalue weighted by atomic mass is 10.0. The molecule has 0 spiro atoms. The average molecular weight is 781 g/mol. The number of carbonyl (C=O) groups is 3. The molecule has 1 aromatic heterocycles. The molecule has 0 unspecified atom stereocenters. The van der Waals surface area contributed by atoms with E-state index in [1.165, 1.54) is 7.11 Å². The zero-order valence-corrected chi connectivity index (χ0v) is 32.9. The fourth-order valence-electron chi connectivity index (χ4n) is 6.57. The number of hydrogen-bond donors (Lipinski definition) is 3. The molecule has 0 bridgehead atoms. The molecule has 4 aromatic rings. The van der Waals surface area contributed by atoms with Gasteiger partial charge >= 0.3 is 6.09 Å². The number of alkyl carbamates (subject to hydrolysis) is 1. The van der Waals surface area contributed by atoms with Gasteiger partial charge in [-0.25, -0.2) is 18.2 Å². The third-order valence-electron chi connectivity index (χ3n) is 9.57. The minimum atomic E-state index is -2.91. The smallest absolute Gasteiger partial charge is 0.407 e. The van der Waals surface area contributed by atoms with E-state index in [9.17, 15) is 22.8 Å². The number of aromatic nitrogens is 2. The van der Waals surface area contributed by atoms with Gasteiger partial charge in [0.25, 0.3) is 5.91 Å². The molecule has 2 atom stereocenters. The van der Waals surface area contributed by atoms with E-state index in [0.717, 1.165) is 40.8 Å². The molecule has 12 nitrogen and oxygen atoms in total. The lowest BCUT2D eigenvalue weighted by Gasteiger charge is -2.30. The van der Waals surface area contributed by atoms with Crippen molar-refractivity contribution in [1.82, 2.24) is 25.1 Å². The van der Waals surface area contributed by atoms with Crippen LogP contribution in [0.2, 0.25) is 0 Å². The molecular formula is C38H48N6O6S3. The second kappa shape index (κ2) is 18.1. The molecule has 3 heterocycles. The number of methoxy groups -OCH3 is 1. The van der Waals surface area contributed by atoms with Gasteiger partial charge in [0.1, 0.15) is 11.9 Å². The van der Waals surface area contributed by atoms with Gasteiger partial charge < -0.3 is 25.3 Å². The Morgan fingerprint density at radius 3 is 2.09 bits per heavy atom. The summed E-state index contributed by atoms with van der Waals surface area (Å²) in [6.07, 6.45) is 2.77. The Morgan fingerprint density at radius 2 is 1.49 bits per heavy atom. The summed E-state index contributed by atoms with van der Waals surface area (Å²) in [5, 5.41) is 5.63. The van der Waals surface area contributed by atoms with Crippen molar-refractivity contribution in [3.05, 3.63) is 95.9 Å². The van der Waals surface area contributed by atoms with Crippen LogP contribution < -0.4 is 10.6 Å². The van der Waals surface area contributed by atoms with Crippen molar-refractivity contribution in [3.8, 4) is 22.4 Å². The van der Waals surface area contributed by atoms with Crippen molar-refractivity contribution in [3.63, 3.8) is 0 Å². The number of aromatic amines is 1. The van der Waals surface area contributed by atoms with Crippen molar-refractivity contribution in [2.75, 3.05) is 43.6 Å². The number of amides is 3. The Morgan fingerprint density at radius 1 is 0.887 bits per heavy atom. The summed E-state index contributed by atoms with van der Waals surface area (Å²) in [6, 6.07) is 22.2. The zero-order chi connectivity index (χ0) is 36.1. The van der Waals surface area contributed by atoms with Crippen LogP contribution in [-0.4, -0.2) is 90.4 Å². The number of sulfone groups is 1. The third kappa shape index (κ3) is 10.2. The second-order valence-electron chi connectivity index (χ2n) is 13.5. The molecule has 6 rings (SSSR count). The number of imidazole rings is 1. The summed E-state index contributed by atoms with van der Waals surface area (Å²) in [4.78, 5) is 50.3. The SMILES string of the molecule is COC(=O)N[C@H](C(=O)N1CCC[C@H]1c1ncc(-c2ccc(-c3ccc(C(=O)Nc4ccc(CN5CCS(=O)(=O)CC5)cc4)cc3)cc2)[nH]1)C(C)C.S.S. The number of rotatable bonds is 10. The highest BCUT2D eigenvalue weighted by atomic mass is 32.2. The van der Waals surface area contributed by atoms with Gasteiger partial charge in [0.15, 0.2) is 9.84 Å². The van der Waals surface area contributed by atoms with Crippen LogP contribution in [0.15, 0.2) is 79.0 Å². The van der Waals surface area contributed by atoms with Gasteiger partial charge in [0.2, 0.25) is 5.91 Å². The van der Waals surface area contributed by atoms with Gasteiger partial charge in [-0.3, -0.25) is 14.5 Å². The molecule has 0 saturated carbocycles. The fourth-order valence-corrected chi connectivity index (χ4v) is 7.84. The average Bonchev–Trinajstić information content (AvgIpc) is 3.83. The Bertz CT molecular complexity index is 1950. The molecule has 2 aliphatic heterocycles. The first-order valence-corrected chi connectivity index (χ1v) is 19.1. The highest BCUT2D eigenvalue weighted by Gasteiger charge is 2.37. The van der Waals surface area contributed by atoms with Crippen molar-refractivity contribution < 1.29 is 27.5 Å². The summed E-state index contributed by atoms with van der Waals surface area (Å²) in [5.41, 5.74) is 6.05. The van der Waals surface area contributed by atoms with E-state index in [1.807, 2.05) is 74.5 Å². The van der Waals surface area contributed by atoms with Crippen LogP contribution in [0.3, 0.4) is 0 Å². The Kier molecular flexibility index (Phi) is 14.2. The molecule has 53 heavy (non-hydrogen) atoms. The fraction of sp³-hybridized carbons (Fsp3) is 0.368. The molecule has 15 heteroatoms. The number of hydrogen-bond acceptors (Lipinski definition) is 8. The third-order valence-corrected chi connectivity index (χ3v) is 11.2. The lowest BCUT2D eigenvalue weighted by molar-refractivity contribution is -0.135. The maximum Gasteiger partial charge on any atom is 0.407 e. The summed E-state index contributed by atoms with van der Waals surface area (Å²) in [5.74, 6) is 0.643. The predicted octanol–water partition coefficient (Wildman–Crippen LogP) is 5.50. The molecule has 2 saturated heterocycles. The number of nitrogens with zero attached hydrogens (tertiary/aromatic N) is 3. The number of likely N-dealkylation sites (tertiary alicyclic amines) is 1. The quantitative estimate of drug-likeness (QED) is 0.191. The van der Waals surface area contributed by atoms with E-state index in [-0.39, 0.29) is 62.3 Å². The van der Waals surface area contributed by atoms with E-state index in [1.54, 1.807) is 23.2 Å². The van der Waals surface area contributed by atoms with Crippen LogP contribution in [0.4, 0.5) is 10.5 Å². The van der Waals surface area contributed by atoms with Crippen LogP contribution in [0.1, 0.15) is 54.5 Å². The molecule has 2 aliphatic rings. The van der Waals surface area contributed by atoms with E-state index in [0.29, 0.717) is 43.3 Å². The first-order chi connectivity index (χ1) is 24.5. The minimum Gasteiger partial charge on any atom is -0.453 e. The Labute approximate surface area is 324 Å². The van der Waals surface area contributed by atoms with Gasteiger partial charge in [-0.1, -0.05) is 62.4 Å². The lowest BCUT2D eigenvalue weighted by Crippen LogP contribution is -2.51. The van der Waals surface area contributed by atoms with Gasteiger partial charge in [-0.15, -0.1) is 0 Å². The summed E-state index contributed by atoms with van der Waals surface area (Å²) < 4.78 is 28.1. The monoisotopic (exact) mass is 780 g/mol. The summed E-state index contributed by atoms with van der Waals surface area (Å²) >= 11 is 0. The molecule has 0 radical (unpaired) electrons. The van der Waals surface area contributed by atoms with Crippen molar-refractivity contribution in [2.45, 2.75) is 45.3 Å². The van der Waals surface area contributed by atoms with Crippen molar-refractivity contribution >= 4 is 60.4 Å². The highest BCUT2D eigenvalue weighted by molar-refractivity contribution is 7.91. The number of nitrogens with one attached hydrogen (secondary N) is 3. The summed E-state index contributed by atoms with van der Waals surface area (Å²) in [6.45, 7) is 6.12. The van der Waals surface area contributed by atoms with Gasteiger partial charge in [-0.05, 0) is 65.3 Å². The molecular weight excluding hydrogens is 733 g/mol. The van der Waals surface area contributed by atoms with E-state index < -0.39 is 22.0 Å². The van der Waals surface area contributed by atoms with Gasteiger partial charge in [-0.2, -0.15) is 27.0 Å². The van der Waals surface area contributed by atoms with Crippen LogP contribution in [-0.2, 0) is 25.9 Å². The number of carbonyl (C=O) groups excluding carboxylic acids is 3. The van der Waals surface area contributed by atoms with Crippen LogP contribution in [0.25, 0.3) is 22.4 Å². The topological polar surface area (TPSA) is 154 Å². The number of H-pyrrole nitrogens is 1. The first-order valence-electron chi connectivity index (χ1n) is 17.2. The maximum absolute atomic E-state index is 13.5. The summed E-state index contributed by atoms with van der Waals surface area (Å²) in [7, 11) is -1.63. The van der Waals surface area contributed by atoms with Crippen LogP contribution >= 0.6 is 27.0 Å². The molecule has 3 aromatic carbocycles. The van der Waals surface area contributed by atoms with Crippen LogP contribution in [0, 0.1) is 5.92 Å². The number of anilines is 1. The Hall–Kier alpha value is -4.31. The highest BCUT2D eigenvalue weighted by Crippen LogP contribution is 2.33. The van der Waals surface area contributed by atoms with Gasteiger partial charge in [0, 0.05) is 37.4 Å². The van der Waals surface area contributed by atoms with Crippen molar-refractivity contribution in [2.24, 2.45) is 5.92 Å². The molecule has 3 N–H and O–H groups in total. The van der Waals surface area contributed by atoms with Crippen LogP contribution in [0.5, 0.6) is 0 Å². The molecule has 0 aliphatic carbocycles. The maximum atomic E-state index is 13.5. The minimum absolute atomic E-state index is 0. The Balaban J connectivity index is 0.00000314. The predicted molar refractivity (Wildman–Crippen MR) is 216 cm³/mol. The normalized spacial score (nSPS) is 17.3. The largest absolute Gasteiger partial charge is 0.453 e. The van der Waals surface area contributed by atoms with E-state index in [2.05, 4.69) is 25.5 Å². The van der Waals surface area contributed by atoms with Gasteiger partial charge in [0.05, 0.1) is 36.5 Å². The zero-order valence-electron chi connectivity index (χ0n) is 30.1.